The monoisotopic (exact) mass is 205 g/mol. The van der Waals surface area contributed by atoms with E-state index in [1.165, 1.54) is 6.08 Å². The fourth-order valence-corrected chi connectivity index (χ4v) is 1.17. The Morgan fingerprint density at radius 3 is 3.07 bits per heavy atom. The van der Waals surface area contributed by atoms with Gasteiger partial charge in [0.1, 0.15) is 5.75 Å². The zero-order valence-electron chi connectivity index (χ0n) is 8.82. The van der Waals surface area contributed by atoms with E-state index in [9.17, 15) is 4.79 Å². The topological polar surface area (TPSA) is 38.3 Å². The first kappa shape index (κ1) is 11.3. The Balaban J connectivity index is 2.57. The maximum atomic E-state index is 10.9. The van der Waals surface area contributed by atoms with Crippen LogP contribution in [0.25, 0.3) is 0 Å². The maximum Gasteiger partial charge on any atom is 0.243 e. The van der Waals surface area contributed by atoms with E-state index < -0.39 is 0 Å². The van der Waals surface area contributed by atoms with Crippen LogP contribution in [0.5, 0.6) is 5.75 Å². The van der Waals surface area contributed by atoms with Gasteiger partial charge in [0.15, 0.2) is 0 Å². The first-order valence-corrected chi connectivity index (χ1v) is 4.88. The molecular weight excluding hydrogens is 190 g/mol. The summed E-state index contributed by atoms with van der Waals surface area (Å²) in [7, 11) is 0. The molecular formula is C12H15NO2. The second-order valence-corrected chi connectivity index (χ2v) is 3.00. The quantitative estimate of drug-likeness (QED) is 0.745. The summed E-state index contributed by atoms with van der Waals surface area (Å²) < 4.78 is 5.35. The first-order chi connectivity index (χ1) is 7.26. The number of rotatable bonds is 5. The van der Waals surface area contributed by atoms with Gasteiger partial charge in [0.2, 0.25) is 5.91 Å². The zero-order valence-corrected chi connectivity index (χ0v) is 8.82. The van der Waals surface area contributed by atoms with E-state index in [0.29, 0.717) is 13.2 Å². The van der Waals surface area contributed by atoms with Crippen LogP contribution in [0.2, 0.25) is 0 Å². The summed E-state index contributed by atoms with van der Waals surface area (Å²) in [6.45, 7) is 6.45. The Morgan fingerprint density at radius 1 is 1.60 bits per heavy atom. The van der Waals surface area contributed by atoms with Gasteiger partial charge in [-0.05, 0) is 30.7 Å². The molecule has 0 radical (unpaired) electrons. The summed E-state index contributed by atoms with van der Waals surface area (Å²) >= 11 is 0. The van der Waals surface area contributed by atoms with Crippen LogP contribution >= 0.6 is 0 Å². The summed E-state index contributed by atoms with van der Waals surface area (Å²) in [5, 5.41) is 2.71. The largest absolute Gasteiger partial charge is 0.494 e. The van der Waals surface area contributed by atoms with Gasteiger partial charge in [-0.25, -0.2) is 0 Å². The lowest BCUT2D eigenvalue weighted by molar-refractivity contribution is -0.116. The summed E-state index contributed by atoms with van der Waals surface area (Å²) in [5.74, 6) is 0.652. The van der Waals surface area contributed by atoms with Crippen LogP contribution in [0.1, 0.15) is 12.5 Å². The molecule has 0 heterocycles. The fraction of sp³-hybridized carbons (Fsp3) is 0.250. The third kappa shape index (κ3) is 3.85. The molecule has 1 amide bonds. The van der Waals surface area contributed by atoms with Crippen molar-refractivity contribution in [3.8, 4) is 5.75 Å². The molecule has 0 bridgehead atoms. The first-order valence-electron chi connectivity index (χ1n) is 4.88. The minimum Gasteiger partial charge on any atom is -0.494 e. The molecule has 0 saturated heterocycles. The number of amides is 1. The van der Waals surface area contributed by atoms with Gasteiger partial charge in [-0.3, -0.25) is 4.79 Å². The Kier molecular flexibility index (Phi) is 4.41. The van der Waals surface area contributed by atoms with Gasteiger partial charge in [0, 0.05) is 6.54 Å². The van der Waals surface area contributed by atoms with Crippen molar-refractivity contribution in [2.45, 2.75) is 13.5 Å². The average molecular weight is 205 g/mol. The molecule has 1 rings (SSSR count). The smallest absolute Gasteiger partial charge is 0.243 e. The minimum absolute atomic E-state index is 0.170. The molecule has 0 spiro atoms. The highest BCUT2D eigenvalue weighted by atomic mass is 16.5. The van der Waals surface area contributed by atoms with Crippen molar-refractivity contribution in [3.05, 3.63) is 42.5 Å². The van der Waals surface area contributed by atoms with Gasteiger partial charge in [0.25, 0.3) is 0 Å². The van der Waals surface area contributed by atoms with Crippen molar-refractivity contribution in [2.75, 3.05) is 6.61 Å². The maximum absolute atomic E-state index is 10.9. The number of ether oxygens (including phenoxy) is 1. The van der Waals surface area contributed by atoms with Gasteiger partial charge in [-0.2, -0.15) is 0 Å². The molecule has 0 fully saturated rings. The lowest BCUT2D eigenvalue weighted by atomic mass is 10.2. The number of carbonyl (C=O) groups is 1. The molecule has 3 nitrogen and oxygen atoms in total. The number of nitrogens with one attached hydrogen (secondary N) is 1. The Hall–Kier alpha value is -1.77. The Morgan fingerprint density at radius 2 is 2.40 bits per heavy atom. The summed E-state index contributed by atoms with van der Waals surface area (Å²) in [4.78, 5) is 10.9. The molecule has 15 heavy (non-hydrogen) atoms. The van der Waals surface area contributed by atoms with E-state index in [-0.39, 0.29) is 5.91 Å². The molecule has 0 unspecified atom stereocenters. The van der Waals surface area contributed by atoms with Crippen LogP contribution in [0.15, 0.2) is 36.9 Å². The van der Waals surface area contributed by atoms with E-state index in [1.807, 2.05) is 31.2 Å². The second-order valence-electron chi connectivity index (χ2n) is 3.00. The summed E-state index contributed by atoms with van der Waals surface area (Å²) in [5.41, 5.74) is 1.01. The molecule has 80 valence electrons. The van der Waals surface area contributed by atoms with Gasteiger partial charge >= 0.3 is 0 Å². The third-order valence-electron chi connectivity index (χ3n) is 1.86. The van der Waals surface area contributed by atoms with Crippen molar-refractivity contribution >= 4 is 5.91 Å². The fourth-order valence-electron chi connectivity index (χ4n) is 1.17. The summed E-state index contributed by atoms with van der Waals surface area (Å²) in [6.07, 6.45) is 1.26. The minimum atomic E-state index is -0.170. The molecule has 0 atom stereocenters. The molecule has 1 aromatic carbocycles. The van der Waals surface area contributed by atoms with Gasteiger partial charge in [0.05, 0.1) is 6.61 Å². The highest BCUT2D eigenvalue weighted by Gasteiger charge is 1.97. The number of hydrogen-bond acceptors (Lipinski definition) is 2. The second kappa shape index (κ2) is 5.86. The van der Waals surface area contributed by atoms with Crippen molar-refractivity contribution in [2.24, 2.45) is 0 Å². The van der Waals surface area contributed by atoms with E-state index in [1.54, 1.807) is 0 Å². The van der Waals surface area contributed by atoms with E-state index >= 15 is 0 Å². The predicted octanol–water partition coefficient (Wildman–Crippen LogP) is 1.89. The number of benzene rings is 1. The van der Waals surface area contributed by atoms with Crippen LogP contribution in [0.3, 0.4) is 0 Å². The highest BCUT2D eigenvalue weighted by molar-refractivity contribution is 5.86. The molecule has 1 N–H and O–H groups in total. The van der Waals surface area contributed by atoms with E-state index in [0.717, 1.165) is 11.3 Å². The molecule has 0 aliphatic carbocycles. The summed E-state index contributed by atoms with van der Waals surface area (Å²) in [6, 6.07) is 7.64. The van der Waals surface area contributed by atoms with Crippen molar-refractivity contribution in [3.63, 3.8) is 0 Å². The molecule has 0 aliphatic rings. The van der Waals surface area contributed by atoms with Crippen molar-refractivity contribution in [1.29, 1.82) is 0 Å². The van der Waals surface area contributed by atoms with Gasteiger partial charge < -0.3 is 10.1 Å². The zero-order chi connectivity index (χ0) is 11.1. The van der Waals surface area contributed by atoms with Crippen LogP contribution in [-0.4, -0.2) is 12.5 Å². The van der Waals surface area contributed by atoms with Gasteiger partial charge in [-0.1, -0.05) is 18.7 Å². The Bertz CT molecular complexity index is 347. The SMILES string of the molecule is C=CC(=O)NCc1cccc(OCC)c1. The van der Waals surface area contributed by atoms with Crippen LogP contribution in [-0.2, 0) is 11.3 Å². The molecule has 0 saturated carbocycles. The predicted molar refractivity (Wildman–Crippen MR) is 59.7 cm³/mol. The molecule has 3 heteroatoms. The van der Waals surface area contributed by atoms with Crippen molar-refractivity contribution < 1.29 is 9.53 Å². The normalized spacial score (nSPS) is 9.40. The number of carbonyl (C=O) groups excluding carboxylic acids is 1. The molecule has 1 aromatic rings. The van der Waals surface area contributed by atoms with E-state index in [2.05, 4.69) is 11.9 Å². The molecule has 0 aromatic heterocycles. The molecule has 0 aliphatic heterocycles. The standard InChI is InChI=1S/C12H15NO2/c1-3-12(14)13-9-10-6-5-7-11(8-10)15-4-2/h3,5-8H,1,4,9H2,2H3,(H,13,14). The number of hydrogen-bond donors (Lipinski definition) is 1. The Labute approximate surface area is 89.8 Å². The van der Waals surface area contributed by atoms with Crippen LogP contribution in [0.4, 0.5) is 0 Å². The lowest BCUT2D eigenvalue weighted by Gasteiger charge is -2.06. The van der Waals surface area contributed by atoms with Crippen molar-refractivity contribution in [1.82, 2.24) is 5.32 Å². The average Bonchev–Trinajstić information content (AvgIpc) is 2.27. The van der Waals surface area contributed by atoms with E-state index in [4.69, 9.17) is 4.74 Å². The van der Waals surface area contributed by atoms with Gasteiger partial charge in [-0.15, -0.1) is 0 Å². The lowest BCUT2D eigenvalue weighted by Crippen LogP contribution is -2.19. The van der Waals surface area contributed by atoms with Crippen LogP contribution < -0.4 is 10.1 Å². The third-order valence-corrected chi connectivity index (χ3v) is 1.86. The highest BCUT2D eigenvalue weighted by Crippen LogP contribution is 2.12. The van der Waals surface area contributed by atoms with Crippen LogP contribution in [0, 0.1) is 0 Å².